The smallest absolute Gasteiger partial charge is 0.252 e. The maximum absolute atomic E-state index is 11.1. The van der Waals surface area contributed by atoms with Crippen LogP contribution >= 0.6 is 0 Å². The number of aromatic nitrogens is 2. The second kappa shape index (κ2) is 3.81. The third-order valence-electron chi connectivity index (χ3n) is 2.43. The first kappa shape index (κ1) is 10.4. The minimum atomic E-state index is -0.448. The Morgan fingerprint density at radius 1 is 1.38 bits per heavy atom. The number of hydrogen-bond donors (Lipinski definition) is 1. The van der Waals surface area contributed by atoms with E-state index in [4.69, 9.17) is 5.73 Å². The highest BCUT2D eigenvalue weighted by atomic mass is 16.1. The quantitative estimate of drug-likeness (QED) is 0.826. The summed E-state index contributed by atoms with van der Waals surface area (Å²) < 4.78 is 1.67. The second-order valence-electron chi connectivity index (χ2n) is 3.78. The van der Waals surface area contributed by atoms with Crippen LogP contribution in [0.5, 0.6) is 0 Å². The van der Waals surface area contributed by atoms with Gasteiger partial charge in [-0.2, -0.15) is 5.10 Å². The molecule has 0 spiro atoms. The molecule has 4 heteroatoms. The third-order valence-corrected chi connectivity index (χ3v) is 2.43. The highest BCUT2D eigenvalue weighted by Gasteiger charge is 2.10. The number of carbonyl (C=O) groups is 1. The van der Waals surface area contributed by atoms with Gasteiger partial charge in [-0.3, -0.25) is 4.79 Å². The van der Waals surface area contributed by atoms with E-state index in [0.717, 1.165) is 11.3 Å². The predicted octanol–water partition coefficient (Wildman–Crippen LogP) is 1.59. The average molecular weight is 215 g/mol. The SMILES string of the molecule is Cc1cccc(-n2cc(C(N)=O)c(C)n2)c1. The zero-order valence-electron chi connectivity index (χ0n) is 9.27. The fourth-order valence-electron chi connectivity index (χ4n) is 1.60. The number of rotatable bonds is 2. The van der Waals surface area contributed by atoms with Crippen molar-refractivity contribution in [2.75, 3.05) is 0 Å². The van der Waals surface area contributed by atoms with E-state index in [-0.39, 0.29) is 0 Å². The Balaban J connectivity index is 2.49. The number of nitrogens with zero attached hydrogens (tertiary/aromatic N) is 2. The van der Waals surface area contributed by atoms with Crippen molar-refractivity contribution in [2.45, 2.75) is 13.8 Å². The lowest BCUT2D eigenvalue weighted by atomic mass is 10.2. The van der Waals surface area contributed by atoms with Crippen molar-refractivity contribution in [3.63, 3.8) is 0 Å². The summed E-state index contributed by atoms with van der Waals surface area (Å²) in [4.78, 5) is 11.1. The summed E-state index contributed by atoms with van der Waals surface area (Å²) in [5.41, 5.74) is 8.42. The molecular formula is C12H13N3O. The molecular weight excluding hydrogens is 202 g/mol. The normalized spacial score (nSPS) is 10.4. The Morgan fingerprint density at radius 3 is 2.69 bits per heavy atom. The Hall–Kier alpha value is -2.10. The third kappa shape index (κ3) is 1.82. The van der Waals surface area contributed by atoms with Crippen molar-refractivity contribution >= 4 is 5.91 Å². The molecule has 0 radical (unpaired) electrons. The Bertz CT molecular complexity index is 543. The number of primary amides is 1. The van der Waals surface area contributed by atoms with E-state index in [2.05, 4.69) is 5.10 Å². The Morgan fingerprint density at radius 2 is 2.12 bits per heavy atom. The average Bonchev–Trinajstić information content (AvgIpc) is 2.60. The van der Waals surface area contributed by atoms with E-state index in [1.165, 1.54) is 0 Å². The van der Waals surface area contributed by atoms with Crippen molar-refractivity contribution in [1.82, 2.24) is 9.78 Å². The van der Waals surface area contributed by atoms with Crippen LogP contribution in [0.25, 0.3) is 5.69 Å². The van der Waals surface area contributed by atoms with Crippen molar-refractivity contribution in [3.8, 4) is 5.69 Å². The lowest BCUT2D eigenvalue weighted by Gasteiger charge is -2.01. The molecule has 1 aromatic heterocycles. The van der Waals surface area contributed by atoms with Gasteiger partial charge in [-0.1, -0.05) is 12.1 Å². The lowest BCUT2D eigenvalue weighted by Crippen LogP contribution is -2.11. The predicted molar refractivity (Wildman–Crippen MR) is 61.6 cm³/mol. The van der Waals surface area contributed by atoms with Gasteiger partial charge in [0.2, 0.25) is 0 Å². The molecule has 0 aliphatic heterocycles. The Kier molecular flexibility index (Phi) is 2.48. The summed E-state index contributed by atoms with van der Waals surface area (Å²) >= 11 is 0. The highest BCUT2D eigenvalue weighted by molar-refractivity contribution is 5.93. The number of amides is 1. The number of aryl methyl sites for hydroxylation is 2. The van der Waals surface area contributed by atoms with Gasteiger partial charge < -0.3 is 5.73 Å². The minimum Gasteiger partial charge on any atom is -0.365 e. The van der Waals surface area contributed by atoms with Crippen LogP contribution in [0.2, 0.25) is 0 Å². The molecule has 0 aliphatic carbocycles. The van der Waals surface area contributed by atoms with Crippen molar-refractivity contribution in [1.29, 1.82) is 0 Å². The number of benzene rings is 1. The van der Waals surface area contributed by atoms with Gasteiger partial charge in [0.05, 0.1) is 16.9 Å². The fourth-order valence-corrected chi connectivity index (χ4v) is 1.60. The zero-order chi connectivity index (χ0) is 11.7. The first-order valence-corrected chi connectivity index (χ1v) is 5.01. The molecule has 0 fully saturated rings. The molecule has 1 heterocycles. The van der Waals surface area contributed by atoms with Gasteiger partial charge in [-0.15, -0.1) is 0 Å². The first-order chi connectivity index (χ1) is 7.58. The zero-order valence-corrected chi connectivity index (χ0v) is 9.27. The maximum Gasteiger partial charge on any atom is 0.252 e. The van der Waals surface area contributed by atoms with E-state index in [9.17, 15) is 4.79 Å². The lowest BCUT2D eigenvalue weighted by molar-refractivity contribution is 0.0999. The summed E-state index contributed by atoms with van der Waals surface area (Å²) in [7, 11) is 0. The van der Waals surface area contributed by atoms with Gasteiger partial charge in [0.25, 0.3) is 5.91 Å². The molecule has 16 heavy (non-hydrogen) atoms. The summed E-state index contributed by atoms with van der Waals surface area (Å²) in [6.45, 7) is 3.78. The van der Waals surface area contributed by atoms with Gasteiger partial charge in [0.1, 0.15) is 0 Å². The summed E-state index contributed by atoms with van der Waals surface area (Å²) in [5, 5.41) is 4.26. The number of carbonyl (C=O) groups excluding carboxylic acids is 1. The van der Waals surface area contributed by atoms with Gasteiger partial charge in [0, 0.05) is 6.20 Å². The van der Waals surface area contributed by atoms with Gasteiger partial charge >= 0.3 is 0 Å². The maximum atomic E-state index is 11.1. The summed E-state index contributed by atoms with van der Waals surface area (Å²) in [6.07, 6.45) is 1.66. The Labute approximate surface area is 93.7 Å². The molecule has 0 bridgehead atoms. The highest BCUT2D eigenvalue weighted by Crippen LogP contribution is 2.12. The van der Waals surface area contributed by atoms with Gasteiger partial charge in [0.15, 0.2) is 0 Å². The molecule has 82 valence electrons. The summed E-state index contributed by atoms with van der Waals surface area (Å²) in [5.74, 6) is -0.448. The van der Waals surface area contributed by atoms with E-state index in [1.807, 2.05) is 31.2 Å². The molecule has 0 aliphatic rings. The van der Waals surface area contributed by atoms with Crippen LogP contribution in [0.4, 0.5) is 0 Å². The van der Waals surface area contributed by atoms with Gasteiger partial charge in [-0.25, -0.2) is 4.68 Å². The molecule has 4 nitrogen and oxygen atoms in total. The number of nitrogens with two attached hydrogens (primary N) is 1. The molecule has 1 amide bonds. The van der Waals surface area contributed by atoms with E-state index >= 15 is 0 Å². The number of hydrogen-bond acceptors (Lipinski definition) is 2. The second-order valence-corrected chi connectivity index (χ2v) is 3.78. The molecule has 0 unspecified atom stereocenters. The fraction of sp³-hybridized carbons (Fsp3) is 0.167. The molecule has 0 atom stereocenters. The van der Waals surface area contributed by atoms with E-state index in [0.29, 0.717) is 11.3 Å². The molecule has 2 aromatic rings. The van der Waals surface area contributed by atoms with Crippen LogP contribution in [0.1, 0.15) is 21.6 Å². The largest absolute Gasteiger partial charge is 0.365 e. The first-order valence-electron chi connectivity index (χ1n) is 5.01. The van der Waals surface area contributed by atoms with Crippen LogP contribution in [0.3, 0.4) is 0 Å². The topological polar surface area (TPSA) is 60.9 Å². The molecule has 2 N–H and O–H groups in total. The summed E-state index contributed by atoms with van der Waals surface area (Å²) in [6, 6.07) is 7.89. The van der Waals surface area contributed by atoms with Crippen LogP contribution in [0, 0.1) is 13.8 Å². The van der Waals surface area contributed by atoms with Gasteiger partial charge in [-0.05, 0) is 31.5 Å². The van der Waals surface area contributed by atoms with E-state index < -0.39 is 5.91 Å². The van der Waals surface area contributed by atoms with Crippen LogP contribution in [0.15, 0.2) is 30.5 Å². The molecule has 2 rings (SSSR count). The van der Waals surface area contributed by atoms with E-state index in [1.54, 1.807) is 17.8 Å². The van der Waals surface area contributed by atoms with Crippen LogP contribution in [-0.2, 0) is 0 Å². The van der Waals surface area contributed by atoms with Crippen LogP contribution < -0.4 is 5.73 Å². The van der Waals surface area contributed by atoms with Crippen LogP contribution in [-0.4, -0.2) is 15.7 Å². The molecule has 1 aromatic carbocycles. The van der Waals surface area contributed by atoms with Crippen molar-refractivity contribution in [3.05, 3.63) is 47.3 Å². The monoisotopic (exact) mass is 215 g/mol. The molecule has 0 saturated carbocycles. The van der Waals surface area contributed by atoms with Crippen molar-refractivity contribution < 1.29 is 4.79 Å². The minimum absolute atomic E-state index is 0.448. The van der Waals surface area contributed by atoms with Crippen molar-refractivity contribution in [2.24, 2.45) is 5.73 Å². The standard InChI is InChI=1S/C12H13N3O/c1-8-4-3-5-10(6-8)15-7-11(12(13)16)9(2)14-15/h3-7H,1-2H3,(H2,13,16). The molecule has 0 saturated heterocycles.